The van der Waals surface area contributed by atoms with E-state index in [-0.39, 0.29) is 12.1 Å². The quantitative estimate of drug-likeness (QED) is 0.797. The van der Waals surface area contributed by atoms with Gasteiger partial charge in [0.1, 0.15) is 17.3 Å². The predicted molar refractivity (Wildman–Crippen MR) is 65.0 cm³/mol. The van der Waals surface area contributed by atoms with Gasteiger partial charge in [-0.05, 0) is 31.0 Å². The molecule has 86 valence electrons. The Bertz CT molecular complexity index is 428. The van der Waals surface area contributed by atoms with Gasteiger partial charge in [-0.2, -0.15) is 0 Å². The summed E-state index contributed by atoms with van der Waals surface area (Å²) in [7, 11) is 0. The topological polar surface area (TPSA) is 73.6 Å². The Morgan fingerprint density at radius 1 is 1.50 bits per heavy atom. The molecule has 0 aromatic heterocycles. The Labute approximate surface area is 95.3 Å². The second-order valence-corrected chi connectivity index (χ2v) is 4.04. The van der Waals surface area contributed by atoms with Crippen LogP contribution >= 0.6 is 0 Å². The van der Waals surface area contributed by atoms with E-state index in [2.05, 4.69) is 11.9 Å². The van der Waals surface area contributed by atoms with Crippen LogP contribution < -0.4 is 16.2 Å². The minimum Gasteiger partial charge on any atom is -0.481 e. The molecular formula is C12H17N3O. The van der Waals surface area contributed by atoms with Crippen LogP contribution in [-0.4, -0.2) is 11.9 Å². The van der Waals surface area contributed by atoms with Crippen molar-refractivity contribution in [3.8, 4) is 5.75 Å². The maximum Gasteiger partial charge on any atom is 0.153 e. The molecule has 2 rings (SSSR count). The van der Waals surface area contributed by atoms with Gasteiger partial charge in [-0.25, -0.2) is 4.99 Å². The molecule has 0 amide bonds. The highest BCUT2D eigenvalue weighted by Gasteiger charge is 2.18. The summed E-state index contributed by atoms with van der Waals surface area (Å²) in [5.41, 5.74) is 13.6. The molecule has 0 fully saturated rings. The summed E-state index contributed by atoms with van der Waals surface area (Å²) < 4.78 is 5.62. The van der Waals surface area contributed by atoms with Crippen molar-refractivity contribution < 1.29 is 4.74 Å². The van der Waals surface area contributed by atoms with E-state index >= 15 is 0 Å². The molecule has 1 heterocycles. The van der Waals surface area contributed by atoms with Gasteiger partial charge in [0, 0.05) is 6.04 Å². The van der Waals surface area contributed by atoms with Crippen LogP contribution in [0.4, 0.5) is 5.69 Å². The van der Waals surface area contributed by atoms with Crippen molar-refractivity contribution in [1.29, 1.82) is 0 Å². The number of fused-ring (bicyclic) bond motifs is 1. The summed E-state index contributed by atoms with van der Waals surface area (Å²) in [6.45, 7) is 3.94. The highest BCUT2D eigenvalue weighted by Crippen LogP contribution is 2.34. The van der Waals surface area contributed by atoms with Crippen molar-refractivity contribution in [2.75, 3.05) is 0 Å². The summed E-state index contributed by atoms with van der Waals surface area (Å²) in [6, 6.07) is 5.88. The van der Waals surface area contributed by atoms with Crippen LogP contribution in [0.25, 0.3) is 0 Å². The van der Waals surface area contributed by atoms with E-state index in [1.807, 2.05) is 25.1 Å². The van der Waals surface area contributed by atoms with Crippen LogP contribution in [0.1, 0.15) is 31.9 Å². The molecule has 1 aliphatic heterocycles. The number of amidine groups is 1. The summed E-state index contributed by atoms with van der Waals surface area (Å²) in [5, 5.41) is 0. The van der Waals surface area contributed by atoms with Crippen molar-refractivity contribution in [1.82, 2.24) is 0 Å². The first-order valence-corrected chi connectivity index (χ1v) is 5.52. The zero-order valence-electron chi connectivity index (χ0n) is 9.60. The van der Waals surface area contributed by atoms with E-state index in [1.165, 1.54) is 0 Å². The molecule has 1 aromatic rings. The standard InChI is InChI=1S/C12H17N3O/c1-3-9(13)8-4-5-11-10(6-8)15-12(14)7(2)16-11/h4-7,9H,3,13H2,1-2H3,(H2,14,15). The molecule has 4 heteroatoms. The second kappa shape index (κ2) is 4.14. The van der Waals surface area contributed by atoms with E-state index in [0.29, 0.717) is 5.84 Å². The average molecular weight is 219 g/mol. The van der Waals surface area contributed by atoms with E-state index in [9.17, 15) is 0 Å². The monoisotopic (exact) mass is 219 g/mol. The maximum absolute atomic E-state index is 5.97. The Hall–Kier alpha value is -1.55. The first-order chi connectivity index (χ1) is 7.61. The number of hydrogen-bond acceptors (Lipinski definition) is 4. The van der Waals surface area contributed by atoms with Crippen molar-refractivity contribution in [2.24, 2.45) is 16.5 Å². The van der Waals surface area contributed by atoms with E-state index in [0.717, 1.165) is 23.4 Å². The van der Waals surface area contributed by atoms with Crippen molar-refractivity contribution in [3.05, 3.63) is 23.8 Å². The molecule has 0 bridgehead atoms. The number of hydrogen-bond donors (Lipinski definition) is 2. The van der Waals surface area contributed by atoms with E-state index in [1.54, 1.807) is 0 Å². The van der Waals surface area contributed by atoms with Gasteiger partial charge in [0.2, 0.25) is 0 Å². The Morgan fingerprint density at radius 2 is 2.25 bits per heavy atom. The van der Waals surface area contributed by atoms with Gasteiger partial charge in [-0.15, -0.1) is 0 Å². The smallest absolute Gasteiger partial charge is 0.153 e. The van der Waals surface area contributed by atoms with Crippen LogP contribution in [-0.2, 0) is 0 Å². The van der Waals surface area contributed by atoms with Gasteiger partial charge in [0.25, 0.3) is 0 Å². The molecule has 2 atom stereocenters. The highest BCUT2D eigenvalue weighted by molar-refractivity contribution is 5.89. The van der Waals surface area contributed by atoms with Crippen LogP contribution in [0, 0.1) is 0 Å². The minimum absolute atomic E-state index is 0.0427. The van der Waals surface area contributed by atoms with Crippen LogP contribution in [0.5, 0.6) is 5.75 Å². The fraction of sp³-hybridized carbons (Fsp3) is 0.417. The van der Waals surface area contributed by atoms with Crippen molar-refractivity contribution >= 4 is 11.5 Å². The van der Waals surface area contributed by atoms with Crippen LogP contribution in [0.3, 0.4) is 0 Å². The molecule has 0 saturated heterocycles. The molecule has 0 saturated carbocycles. The lowest BCUT2D eigenvalue weighted by atomic mass is 10.0. The largest absolute Gasteiger partial charge is 0.481 e. The molecule has 0 radical (unpaired) electrons. The summed E-state index contributed by atoms with van der Waals surface area (Å²) >= 11 is 0. The number of nitrogens with zero attached hydrogens (tertiary/aromatic N) is 1. The third-order valence-corrected chi connectivity index (χ3v) is 2.82. The SMILES string of the molecule is CCC(N)c1ccc2c(c1)N=C(N)C(C)O2. The molecule has 2 unspecified atom stereocenters. The number of rotatable bonds is 2. The lowest BCUT2D eigenvalue weighted by Crippen LogP contribution is -2.33. The molecule has 4 N–H and O–H groups in total. The summed E-state index contributed by atoms with van der Waals surface area (Å²) in [4.78, 5) is 4.32. The molecule has 0 aliphatic carbocycles. The van der Waals surface area contributed by atoms with Gasteiger partial charge in [0.15, 0.2) is 6.10 Å². The van der Waals surface area contributed by atoms with Gasteiger partial charge in [-0.1, -0.05) is 13.0 Å². The summed E-state index contributed by atoms with van der Waals surface area (Å²) in [5.74, 6) is 1.28. The number of ether oxygens (including phenoxy) is 1. The van der Waals surface area contributed by atoms with Crippen LogP contribution in [0.2, 0.25) is 0 Å². The number of aliphatic imine (C=N–C) groups is 1. The zero-order chi connectivity index (χ0) is 11.7. The zero-order valence-corrected chi connectivity index (χ0v) is 9.60. The third kappa shape index (κ3) is 1.88. The first kappa shape index (κ1) is 11.0. The summed E-state index contributed by atoms with van der Waals surface area (Å²) in [6.07, 6.45) is 0.744. The molecule has 0 spiro atoms. The Balaban J connectivity index is 2.38. The Morgan fingerprint density at radius 3 is 2.94 bits per heavy atom. The highest BCUT2D eigenvalue weighted by atomic mass is 16.5. The normalized spacial score (nSPS) is 20.7. The van der Waals surface area contributed by atoms with Crippen molar-refractivity contribution in [3.63, 3.8) is 0 Å². The lowest BCUT2D eigenvalue weighted by molar-refractivity contribution is 0.281. The second-order valence-electron chi connectivity index (χ2n) is 4.04. The van der Waals surface area contributed by atoms with Gasteiger partial charge in [0.05, 0.1) is 0 Å². The molecule has 4 nitrogen and oxygen atoms in total. The fourth-order valence-electron chi connectivity index (χ4n) is 1.67. The third-order valence-electron chi connectivity index (χ3n) is 2.82. The van der Waals surface area contributed by atoms with Gasteiger partial charge >= 0.3 is 0 Å². The minimum atomic E-state index is -0.154. The van der Waals surface area contributed by atoms with E-state index < -0.39 is 0 Å². The lowest BCUT2D eigenvalue weighted by Gasteiger charge is -2.22. The van der Waals surface area contributed by atoms with Crippen molar-refractivity contribution in [2.45, 2.75) is 32.4 Å². The molecule has 1 aromatic carbocycles. The molecule has 16 heavy (non-hydrogen) atoms. The van der Waals surface area contributed by atoms with Gasteiger partial charge in [-0.3, -0.25) is 0 Å². The fourth-order valence-corrected chi connectivity index (χ4v) is 1.67. The maximum atomic E-state index is 5.97. The predicted octanol–water partition coefficient (Wildman–Crippen LogP) is 1.87. The van der Waals surface area contributed by atoms with E-state index in [4.69, 9.17) is 16.2 Å². The molecular weight excluding hydrogens is 202 g/mol. The Kier molecular flexibility index (Phi) is 2.83. The molecule has 1 aliphatic rings. The first-order valence-electron chi connectivity index (χ1n) is 5.52. The number of benzene rings is 1. The van der Waals surface area contributed by atoms with Crippen LogP contribution in [0.15, 0.2) is 23.2 Å². The number of nitrogens with two attached hydrogens (primary N) is 2. The average Bonchev–Trinajstić information content (AvgIpc) is 2.29. The van der Waals surface area contributed by atoms with Gasteiger partial charge < -0.3 is 16.2 Å².